The molecule has 7 nitrogen and oxygen atoms in total. The predicted molar refractivity (Wildman–Crippen MR) is 85.1 cm³/mol. The highest BCUT2D eigenvalue weighted by Gasteiger charge is 2.18. The SMILES string of the molecule is COc1cc(OC)cc(C(=O)Oc2ccc3c(c2)NC(=O)CO3)c1. The van der Waals surface area contributed by atoms with Crippen LogP contribution in [-0.4, -0.2) is 32.7 Å². The van der Waals surface area contributed by atoms with Crippen molar-refractivity contribution >= 4 is 17.6 Å². The summed E-state index contributed by atoms with van der Waals surface area (Å²) in [5.41, 5.74) is 0.740. The minimum atomic E-state index is -0.574. The quantitative estimate of drug-likeness (QED) is 0.684. The van der Waals surface area contributed by atoms with E-state index in [1.807, 2.05) is 0 Å². The molecule has 7 heteroatoms. The second-order valence-electron chi connectivity index (χ2n) is 4.99. The number of benzene rings is 2. The fourth-order valence-electron chi connectivity index (χ4n) is 2.22. The van der Waals surface area contributed by atoms with E-state index in [4.69, 9.17) is 18.9 Å². The highest BCUT2D eigenvalue weighted by Crippen LogP contribution is 2.32. The maximum atomic E-state index is 12.3. The van der Waals surface area contributed by atoms with Crippen LogP contribution in [0, 0.1) is 0 Å². The van der Waals surface area contributed by atoms with Crippen LogP contribution in [0.5, 0.6) is 23.0 Å². The molecule has 0 unspecified atom stereocenters. The van der Waals surface area contributed by atoms with Crippen molar-refractivity contribution in [2.45, 2.75) is 0 Å². The molecule has 124 valence electrons. The molecule has 0 aromatic heterocycles. The predicted octanol–water partition coefficient (Wildman–Crippen LogP) is 2.25. The van der Waals surface area contributed by atoms with Gasteiger partial charge >= 0.3 is 5.97 Å². The van der Waals surface area contributed by atoms with E-state index in [-0.39, 0.29) is 23.8 Å². The summed E-state index contributed by atoms with van der Waals surface area (Å²) in [5, 5.41) is 2.65. The molecule has 1 amide bonds. The molecule has 0 saturated carbocycles. The number of amides is 1. The first-order chi connectivity index (χ1) is 11.6. The van der Waals surface area contributed by atoms with Crippen molar-refractivity contribution in [1.82, 2.24) is 0 Å². The van der Waals surface area contributed by atoms with E-state index in [1.54, 1.807) is 30.3 Å². The van der Waals surface area contributed by atoms with Crippen LogP contribution in [0.3, 0.4) is 0 Å². The molecule has 2 aromatic carbocycles. The van der Waals surface area contributed by atoms with Gasteiger partial charge in [0.05, 0.1) is 25.5 Å². The molecule has 1 aliphatic heterocycles. The Labute approximate surface area is 138 Å². The van der Waals surface area contributed by atoms with Crippen LogP contribution >= 0.6 is 0 Å². The number of hydrogen-bond donors (Lipinski definition) is 1. The zero-order chi connectivity index (χ0) is 17.1. The Hall–Kier alpha value is -3.22. The van der Waals surface area contributed by atoms with Gasteiger partial charge in [-0.3, -0.25) is 4.79 Å². The number of carbonyl (C=O) groups excluding carboxylic acids is 2. The lowest BCUT2D eigenvalue weighted by Gasteiger charge is -2.18. The van der Waals surface area contributed by atoms with Crippen LogP contribution in [0.2, 0.25) is 0 Å². The summed E-state index contributed by atoms with van der Waals surface area (Å²) in [4.78, 5) is 23.7. The summed E-state index contributed by atoms with van der Waals surface area (Å²) in [5.74, 6) is 0.933. The molecular formula is C17H15NO6. The van der Waals surface area contributed by atoms with Gasteiger partial charge in [-0.1, -0.05) is 0 Å². The molecule has 0 fully saturated rings. The Morgan fingerprint density at radius 2 is 1.75 bits per heavy atom. The van der Waals surface area contributed by atoms with E-state index in [1.165, 1.54) is 20.3 Å². The van der Waals surface area contributed by atoms with Crippen molar-refractivity contribution in [3.8, 4) is 23.0 Å². The molecule has 0 bridgehead atoms. The van der Waals surface area contributed by atoms with Crippen LogP contribution in [0.1, 0.15) is 10.4 Å². The molecule has 24 heavy (non-hydrogen) atoms. The first-order valence-corrected chi connectivity index (χ1v) is 7.11. The van der Waals surface area contributed by atoms with E-state index in [0.717, 1.165) is 0 Å². The number of hydrogen-bond acceptors (Lipinski definition) is 6. The van der Waals surface area contributed by atoms with Crippen molar-refractivity contribution in [3.05, 3.63) is 42.0 Å². The summed E-state index contributed by atoms with van der Waals surface area (Å²) in [6.45, 7) is -0.0320. The largest absolute Gasteiger partial charge is 0.497 e. The van der Waals surface area contributed by atoms with E-state index in [9.17, 15) is 9.59 Å². The first kappa shape index (κ1) is 15.7. The first-order valence-electron chi connectivity index (χ1n) is 7.11. The van der Waals surface area contributed by atoms with Crippen molar-refractivity contribution in [1.29, 1.82) is 0 Å². The molecule has 0 saturated heterocycles. The number of esters is 1. The van der Waals surface area contributed by atoms with Crippen molar-refractivity contribution < 1.29 is 28.5 Å². The number of rotatable bonds is 4. The molecular weight excluding hydrogens is 314 g/mol. The Balaban J connectivity index is 1.82. The number of ether oxygens (including phenoxy) is 4. The van der Waals surface area contributed by atoms with E-state index in [0.29, 0.717) is 22.9 Å². The Kier molecular flexibility index (Phi) is 4.24. The lowest BCUT2D eigenvalue weighted by Crippen LogP contribution is -2.25. The third-order valence-electron chi connectivity index (χ3n) is 3.38. The Morgan fingerprint density at radius 3 is 2.42 bits per heavy atom. The average Bonchev–Trinajstić information content (AvgIpc) is 2.60. The maximum Gasteiger partial charge on any atom is 0.343 e. The van der Waals surface area contributed by atoms with Crippen LogP contribution in [0.25, 0.3) is 0 Å². The number of carbonyl (C=O) groups is 2. The molecule has 0 radical (unpaired) electrons. The standard InChI is InChI=1S/C17H15NO6/c1-21-12-5-10(6-13(7-12)22-2)17(20)24-11-3-4-15-14(8-11)18-16(19)9-23-15/h3-8H,9H2,1-2H3,(H,18,19). The molecule has 1 N–H and O–H groups in total. The number of methoxy groups -OCH3 is 2. The van der Waals surface area contributed by atoms with Gasteiger partial charge in [-0.25, -0.2) is 4.79 Å². The smallest absolute Gasteiger partial charge is 0.343 e. The van der Waals surface area contributed by atoms with Crippen LogP contribution in [-0.2, 0) is 4.79 Å². The van der Waals surface area contributed by atoms with Gasteiger partial charge in [0.25, 0.3) is 5.91 Å². The normalized spacial score (nSPS) is 12.5. The summed E-state index contributed by atoms with van der Waals surface area (Å²) in [6.07, 6.45) is 0. The number of nitrogens with one attached hydrogen (secondary N) is 1. The van der Waals surface area contributed by atoms with Gasteiger partial charge < -0.3 is 24.3 Å². The monoisotopic (exact) mass is 329 g/mol. The van der Waals surface area contributed by atoms with E-state index in [2.05, 4.69) is 5.32 Å². The van der Waals surface area contributed by atoms with Crippen LogP contribution in [0.15, 0.2) is 36.4 Å². The zero-order valence-corrected chi connectivity index (χ0v) is 13.1. The summed E-state index contributed by atoms with van der Waals surface area (Å²) >= 11 is 0. The van der Waals surface area contributed by atoms with Crippen molar-refractivity contribution in [3.63, 3.8) is 0 Å². The highest BCUT2D eigenvalue weighted by molar-refractivity contribution is 5.96. The second-order valence-corrected chi connectivity index (χ2v) is 4.99. The van der Waals surface area contributed by atoms with Gasteiger partial charge in [0.2, 0.25) is 0 Å². The number of fused-ring (bicyclic) bond motifs is 1. The number of anilines is 1. The minimum absolute atomic E-state index is 0.0320. The second kappa shape index (κ2) is 6.49. The zero-order valence-electron chi connectivity index (χ0n) is 13.1. The molecule has 2 aromatic rings. The third kappa shape index (κ3) is 3.24. The van der Waals surface area contributed by atoms with E-state index >= 15 is 0 Å². The van der Waals surface area contributed by atoms with Crippen molar-refractivity contribution in [2.75, 3.05) is 26.1 Å². The molecule has 1 aliphatic rings. The lowest BCUT2D eigenvalue weighted by atomic mass is 10.2. The van der Waals surface area contributed by atoms with Crippen molar-refractivity contribution in [2.24, 2.45) is 0 Å². The Morgan fingerprint density at radius 1 is 1.04 bits per heavy atom. The third-order valence-corrected chi connectivity index (χ3v) is 3.38. The van der Waals surface area contributed by atoms with Gasteiger partial charge in [0.1, 0.15) is 23.0 Å². The van der Waals surface area contributed by atoms with Gasteiger partial charge in [-0.05, 0) is 24.3 Å². The van der Waals surface area contributed by atoms with E-state index < -0.39 is 5.97 Å². The molecule has 1 heterocycles. The highest BCUT2D eigenvalue weighted by atomic mass is 16.5. The minimum Gasteiger partial charge on any atom is -0.497 e. The molecule has 0 atom stereocenters. The molecule has 0 aliphatic carbocycles. The van der Waals surface area contributed by atoms with Gasteiger partial charge in [0.15, 0.2) is 6.61 Å². The molecule has 3 rings (SSSR count). The van der Waals surface area contributed by atoms with Crippen LogP contribution < -0.4 is 24.3 Å². The Bertz CT molecular complexity index is 779. The van der Waals surface area contributed by atoms with Gasteiger partial charge in [-0.2, -0.15) is 0 Å². The molecule has 0 spiro atoms. The summed E-state index contributed by atoms with van der Waals surface area (Å²) < 4.78 is 20.9. The van der Waals surface area contributed by atoms with Gasteiger partial charge in [-0.15, -0.1) is 0 Å². The maximum absolute atomic E-state index is 12.3. The lowest BCUT2D eigenvalue weighted by molar-refractivity contribution is -0.118. The van der Waals surface area contributed by atoms with Crippen LogP contribution in [0.4, 0.5) is 5.69 Å². The summed E-state index contributed by atoms with van der Waals surface area (Å²) in [6, 6.07) is 9.50. The average molecular weight is 329 g/mol. The fourth-order valence-corrected chi connectivity index (χ4v) is 2.22. The van der Waals surface area contributed by atoms with Gasteiger partial charge in [0, 0.05) is 12.1 Å². The fraction of sp³-hybridized carbons (Fsp3) is 0.176. The topological polar surface area (TPSA) is 83.1 Å². The summed E-state index contributed by atoms with van der Waals surface area (Å²) in [7, 11) is 2.99.